The lowest BCUT2D eigenvalue weighted by Crippen LogP contribution is -2.31. The Balaban J connectivity index is 1.63. The molecule has 3 aromatic rings. The van der Waals surface area contributed by atoms with E-state index in [1.54, 1.807) is 6.07 Å². The van der Waals surface area contributed by atoms with Gasteiger partial charge in [-0.15, -0.1) is 0 Å². The van der Waals surface area contributed by atoms with E-state index >= 15 is 0 Å². The molecule has 0 radical (unpaired) electrons. The molecule has 0 atom stereocenters. The number of carbonyl (C=O) groups excluding carboxylic acids is 2. The SMILES string of the molecule is Cc1c(CCC(=O)NCCC(=O)[O-])c(=O)oc2cc3oc4c(c3cc12)CCCC4. The number of carbonyl (C=O) groups is 2. The number of hydrogen-bond donors (Lipinski definition) is 1. The van der Waals surface area contributed by atoms with Gasteiger partial charge in [0, 0.05) is 59.7 Å². The summed E-state index contributed by atoms with van der Waals surface area (Å²) in [7, 11) is 0. The molecule has 0 saturated heterocycles. The minimum absolute atomic E-state index is 0.00998. The van der Waals surface area contributed by atoms with E-state index in [1.807, 2.05) is 13.0 Å². The van der Waals surface area contributed by atoms with Gasteiger partial charge < -0.3 is 24.1 Å². The van der Waals surface area contributed by atoms with Crippen LogP contribution in [0, 0.1) is 6.92 Å². The van der Waals surface area contributed by atoms with E-state index in [9.17, 15) is 19.5 Å². The Kier molecular flexibility index (Phi) is 5.13. The van der Waals surface area contributed by atoms with Gasteiger partial charge in [-0.1, -0.05) is 0 Å². The summed E-state index contributed by atoms with van der Waals surface area (Å²) < 4.78 is 11.5. The summed E-state index contributed by atoms with van der Waals surface area (Å²) in [5.41, 5.74) is 3.26. The number of furan rings is 1. The first kappa shape index (κ1) is 19.2. The first-order chi connectivity index (χ1) is 13.9. The maximum Gasteiger partial charge on any atom is 0.339 e. The topological polar surface area (TPSA) is 113 Å². The van der Waals surface area contributed by atoms with Crippen LogP contribution in [0.25, 0.3) is 21.9 Å². The van der Waals surface area contributed by atoms with Crippen LogP contribution in [0.5, 0.6) is 0 Å². The van der Waals surface area contributed by atoms with Crippen molar-refractivity contribution in [1.29, 1.82) is 0 Å². The molecule has 7 heteroatoms. The second-order valence-electron chi connectivity index (χ2n) is 7.52. The molecule has 152 valence electrons. The van der Waals surface area contributed by atoms with Crippen LogP contribution >= 0.6 is 0 Å². The van der Waals surface area contributed by atoms with Crippen LogP contribution in [0.4, 0.5) is 0 Å². The zero-order valence-electron chi connectivity index (χ0n) is 16.3. The number of hydrogen-bond acceptors (Lipinski definition) is 6. The summed E-state index contributed by atoms with van der Waals surface area (Å²) in [5.74, 6) is -0.511. The van der Waals surface area contributed by atoms with Crippen molar-refractivity contribution in [2.45, 2.75) is 51.9 Å². The van der Waals surface area contributed by atoms with Crippen LogP contribution in [0.15, 0.2) is 25.8 Å². The van der Waals surface area contributed by atoms with Gasteiger partial charge in [0.2, 0.25) is 5.91 Å². The zero-order chi connectivity index (χ0) is 20.5. The molecule has 2 aromatic heterocycles. The van der Waals surface area contributed by atoms with E-state index in [2.05, 4.69) is 5.32 Å². The van der Waals surface area contributed by atoms with E-state index < -0.39 is 11.6 Å². The molecule has 29 heavy (non-hydrogen) atoms. The summed E-state index contributed by atoms with van der Waals surface area (Å²) in [5, 5.41) is 14.8. The molecule has 0 fully saturated rings. The van der Waals surface area contributed by atoms with Crippen molar-refractivity contribution in [3.8, 4) is 0 Å². The van der Waals surface area contributed by atoms with Crippen molar-refractivity contribution in [2.75, 3.05) is 6.54 Å². The Morgan fingerprint density at radius 2 is 1.83 bits per heavy atom. The molecule has 1 N–H and O–H groups in total. The summed E-state index contributed by atoms with van der Waals surface area (Å²) in [6.45, 7) is 1.87. The minimum Gasteiger partial charge on any atom is -0.550 e. The monoisotopic (exact) mass is 396 g/mol. The van der Waals surface area contributed by atoms with Gasteiger partial charge in [-0.3, -0.25) is 4.79 Å². The number of fused-ring (bicyclic) bond motifs is 4. The Hall–Kier alpha value is -3.09. The number of rotatable bonds is 6. The first-order valence-electron chi connectivity index (χ1n) is 9.91. The maximum atomic E-state index is 12.5. The molecule has 0 saturated carbocycles. The lowest BCUT2D eigenvalue weighted by Gasteiger charge is -2.10. The van der Waals surface area contributed by atoms with Gasteiger partial charge in [-0.05, 0) is 44.2 Å². The molecular weight excluding hydrogens is 374 g/mol. The molecule has 2 heterocycles. The van der Waals surface area contributed by atoms with E-state index in [0.29, 0.717) is 11.1 Å². The number of nitrogens with one attached hydrogen (secondary N) is 1. The summed E-state index contributed by atoms with van der Waals surface area (Å²) in [6, 6.07) is 3.81. The number of aliphatic carboxylic acids is 1. The second-order valence-corrected chi connectivity index (χ2v) is 7.52. The third-order valence-corrected chi connectivity index (χ3v) is 5.62. The van der Waals surface area contributed by atoms with Gasteiger partial charge in [-0.2, -0.15) is 0 Å². The second kappa shape index (κ2) is 7.73. The fourth-order valence-electron chi connectivity index (χ4n) is 4.06. The lowest BCUT2D eigenvalue weighted by molar-refractivity contribution is -0.305. The average molecular weight is 396 g/mol. The van der Waals surface area contributed by atoms with E-state index in [4.69, 9.17) is 8.83 Å². The molecule has 1 aliphatic rings. The van der Waals surface area contributed by atoms with Crippen molar-refractivity contribution in [3.63, 3.8) is 0 Å². The van der Waals surface area contributed by atoms with E-state index in [1.165, 1.54) is 5.56 Å². The average Bonchev–Trinajstić information content (AvgIpc) is 3.03. The molecule has 0 bridgehead atoms. The maximum absolute atomic E-state index is 12.5. The molecule has 1 aromatic carbocycles. The van der Waals surface area contributed by atoms with Crippen molar-refractivity contribution >= 4 is 33.8 Å². The van der Waals surface area contributed by atoms with Crippen molar-refractivity contribution in [1.82, 2.24) is 5.32 Å². The fraction of sp³-hybridized carbons (Fsp3) is 0.409. The van der Waals surface area contributed by atoms with Gasteiger partial charge in [0.1, 0.15) is 16.9 Å². The zero-order valence-corrected chi connectivity index (χ0v) is 16.3. The predicted octanol–water partition coefficient (Wildman–Crippen LogP) is 1.92. The number of aryl methyl sites for hydroxylation is 3. The molecule has 7 nitrogen and oxygen atoms in total. The highest BCUT2D eigenvalue weighted by Crippen LogP contribution is 2.35. The summed E-state index contributed by atoms with van der Waals surface area (Å²) in [4.78, 5) is 34.8. The number of benzene rings is 1. The van der Waals surface area contributed by atoms with Crippen molar-refractivity contribution < 1.29 is 23.5 Å². The van der Waals surface area contributed by atoms with Crippen LogP contribution in [0.3, 0.4) is 0 Å². The Bertz CT molecular complexity index is 1170. The van der Waals surface area contributed by atoms with Gasteiger partial charge in [0.05, 0.1) is 0 Å². The van der Waals surface area contributed by atoms with E-state index in [-0.39, 0.29) is 31.7 Å². The van der Waals surface area contributed by atoms with Crippen LogP contribution in [-0.2, 0) is 28.9 Å². The standard InChI is InChI=1S/C22H23NO6/c1-12-13(6-7-20(24)23-9-8-21(25)26)22(27)29-18-11-19-16(10-15(12)18)14-4-2-3-5-17(14)28-19/h10-11H,2-9H2,1H3,(H,23,24)(H,25,26)/p-1. The third-order valence-electron chi connectivity index (χ3n) is 5.62. The van der Waals surface area contributed by atoms with Crippen molar-refractivity contribution in [3.05, 3.63) is 45.0 Å². The smallest absolute Gasteiger partial charge is 0.339 e. The molecule has 4 rings (SSSR count). The van der Waals surface area contributed by atoms with Crippen LogP contribution in [0.2, 0.25) is 0 Å². The molecule has 1 amide bonds. The Labute approximate surface area is 166 Å². The molecule has 0 spiro atoms. The first-order valence-corrected chi connectivity index (χ1v) is 9.91. The molecule has 0 aliphatic heterocycles. The quantitative estimate of drug-likeness (QED) is 0.637. The largest absolute Gasteiger partial charge is 0.550 e. The number of amides is 1. The Morgan fingerprint density at radius 1 is 1.07 bits per heavy atom. The molecule has 1 aliphatic carbocycles. The lowest BCUT2D eigenvalue weighted by atomic mass is 9.94. The van der Waals surface area contributed by atoms with Gasteiger partial charge in [0.15, 0.2) is 0 Å². The van der Waals surface area contributed by atoms with Gasteiger partial charge >= 0.3 is 5.63 Å². The van der Waals surface area contributed by atoms with Gasteiger partial charge in [-0.25, -0.2) is 4.79 Å². The van der Waals surface area contributed by atoms with Crippen LogP contribution in [-0.4, -0.2) is 18.4 Å². The highest BCUT2D eigenvalue weighted by molar-refractivity contribution is 5.97. The van der Waals surface area contributed by atoms with Crippen LogP contribution < -0.4 is 16.0 Å². The highest BCUT2D eigenvalue weighted by Gasteiger charge is 2.20. The predicted molar refractivity (Wildman–Crippen MR) is 105 cm³/mol. The third kappa shape index (κ3) is 3.77. The van der Waals surface area contributed by atoms with Crippen molar-refractivity contribution in [2.24, 2.45) is 0 Å². The number of carboxylic acid groups (broad SMARTS) is 1. The highest BCUT2D eigenvalue weighted by atomic mass is 16.4. The molecular formula is C22H22NO6-. The fourth-order valence-corrected chi connectivity index (χ4v) is 4.06. The van der Waals surface area contributed by atoms with Crippen LogP contribution in [0.1, 0.15) is 48.1 Å². The van der Waals surface area contributed by atoms with Gasteiger partial charge in [0.25, 0.3) is 0 Å². The summed E-state index contributed by atoms with van der Waals surface area (Å²) >= 11 is 0. The minimum atomic E-state index is -1.22. The normalized spacial score (nSPS) is 13.6. The Morgan fingerprint density at radius 3 is 2.62 bits per heavy atom. The summed E-state index contributed by atoms with van der Waals surface area (Å²) in [6.07, 6.45) is 4.24. The van der Waals surface area contributed by atoms with E-state index in [0.717, 1.165) is 53.4 Å². The molecule has 0 unspecified atom stereocenters. The number of carboxylic acids is 1.